The quantitative estimate of drug-likeness (QED) is 0.196. The van der Waals surface area contributed by atoms with Crippen LogP contribution in [-0.4, -0.2) is 54.8 Å². The van der Waals surface area contributed by atoms with Gasteiger partial charge in [-0.25, -0.2) is 4.98 Å². The topological polar surface area (TPSA) is 111 Å². The number of hydrazone groups is 1. The van der Waals surface area contributed by atoms with Crippen LogP contribution in [0, 0.1) is 11.3 Å². The molecular formula is C29H28N6O2. The van der Waals surface area contributed by atoms with E-state index in [0.29, 0.717) is 46.6 Å². The SMILES string of the molecule is CC(CN=C(C(=O)Nc1ccc(C(/C=N\N(C)C)=C/C=O)cn1)c1ccccc1)c1ccc(C#N)cc1. The van der Waals surface area contributed by atoms with Gasteiger partial charge in [0.15, 0.2) is 0 Å². The van der Waals surface area contributed by atoms with Crippen LogP contribution in [-0.2, 0) is 9.59 Å². The maximum Gasteiger partial charge on any atom is 0.275 e. The van der Waals surface area contributed by atoms with Gasteiger partial charge in [-0.3, -0.25) is 14.6 Å². The molecule has 186 valence electrons. The lowest BCUT2D eigenvalue weighted by Gasteiger charge is -2.12. The summed E-state index contributed by atoms with van der Waals surface area (Å²) >= 11 is 0. The molecule has 1 N–H and O–H groups in total. The van der Waals surface area contributed by atoms with Crippen molar-refractivity contribution < 1.29 is 9.59 Å². The molecule has 3 rings (SSSR count). The number of carbonyl (C=O) groups excluding carboxylic acids is 2. The average Bonchev–Trinajstić information content (AvgIpc) is 2.92. The van der Waals surface area contributed by atoms with Crippen LogP contribution in [0.25, 0.3) is 5.57 Å². The molecule has 0 spiro atoms. The van der Waals surface area contributed by atoms with Gasteiger partial charge < -0.3 is 10.3 Å². The summed E-state index contributed by atoms with van der Waals surface area (Å²) in [4.78, 5) is 33.3. The van der Waals surface area contributed by atoms with E-state index >= 15 is 0 Å². The monoisotopic (exact) mass is 492 g/mol. The number of nitrogens with zero attached hydrogens (tertiary/aromatic N) is 5. The van der Waals surface area contributed by atoms with E-state index in [0.717, 1.165) is 5.56 Å². The third-order valence-electron chi connectivity index (χ3n) is 5.41. The van der Waals surface area contributed by atoms with Crippen molar-refractivity contribution in [2.75, 3.05) is 26.0 Å². The molecule has 1 heterocycles. The van der Waals surface area contributed by atoms with Gasteiger partial charge in [0.25, 0.3) is 5.91 Å². The molecule has 0 aliphatic rings. The molecule has 0 saturated carbocycles. The molecule has 0 fully saturated rings. The van der Waals surface area contributed by atoms with Gasteiger partial charge in [0.1, 0.15) is 17.8 Å². The molecule has 0 bridgehead atoms. The summed E-state index contributed by atoms with van der Waals surface area (Å²) in [6.07, 6.45) is 5.23. The Bertz CT molecular complexity index is 1340. The third-order valence-corrected chi connectivity index (χ3v) is 5.41. The van der Waals surface area contributed by atoms with E-state index in [1.54, 1.807) is 55.8 Å². The average molecular weight is 493 g/mol. The number of hydrogen-bond donors (Lipinski definition) is 1. The fraction of sp³-hybridized carbons (Fsp3) is 0.172. The van der Waals surface area contributed by atoms with Crippen LogP contribution >= 0.6 is 0 Å². The summed E-state index contributed by atoms with van der Waals surface area (Å²) in [5.41, 5.74) is 3.90. The number of nitriles is 1. The highest BCUT2D eigenvalue weighted by Crippen LogP contribution is 2.18. The maximum atomic E-state index is 13.2. The second-order valence-electron chi connectivity index (χ2n) is 8.43. The molecule has 0 radical (unpaired) electrons. The highest BCUT2D eigenvalue weighted by Gasteiger charge is 2.16. The van der Waals surface area contributed by atoms with Crippen LogP contribution < -0.4 is 5.32 Å². The van der Waals surface area contributed by atoms with Crippen LogP contribution in [0.5, 0.6) is 0 Å². The first-order valence-corrected chi connectivity index (χ1v) is 11.7. The van der Waals surface area contributed by atoms with Crippen LogP contribution in [0.15, 0.2) is 89.1 Å². The largest absolute Gasteiger partial charge is 0.305 e. The zero-order valence-electron chi connectivity index (χ0n) is 21.0. The van der Waals surface area contributed by atoms with E-state index in [1.807, 2.05) is 49.4 Å². The van der Waals surface area contributed by atoms with Crippen molar-refractivity contribution in [3.63, 3.8) is 0 Å². The number of hydrogen-bond acceptors (Lipinski definition) is 7. The number of aldehydes is 1. The van der Waals surface area contributed by atoms with E-state index in [4.69, 9.17) is 5.26 Å². The summed E-state index contributed by atoms with van der Waals surface area (Å²) in [7, 11) is 3.56. The highest BCUT2D eigenvalue weighted by molar-refractivity contribution is 6.48. The van der Waals surface area contributed by atoms with E-state index in [1.165, 1.54) is 6.08 Å². The van der Waals surface area contributed by atoms with Gasteiger partial charge in [0, 0.05) is 49.5 Å². The van der Waals surface area contributed by atoms with Gasteiger partial charge in [-0.2, -0.15) is 10.4 Å². The van der Waals surface area contributed by atoms with E-state index in [-0.39, 0.29) is 11.8 Å². The molecular weight excluding hydrogens is 464 g/mol. The van der Waals surface area contributed by atoms with Crippen molar-refractivity contribution in [2.45, 2.75) is 12.8 Å². The van der Waals surface area contributed by atoms with Crippen molar-refractivity contribution in [1.29, 1.82) is 5.26 Å². The number of rotatable bonds is 10. The molecule has 1 amide bonds. The van der Waals surface area contributed by atoms with Crippen molar-refractivity contribution in [1.82, 2.24) is 9.99 Å². The minimum atomic E-state index is -0.378. The number of anilines is 1. The van der Waals surface area contributed by atoms with Crippen LogP contribution in [0.2, 0.25) is 0 Å². The molecule has 8 nitrogen and oxygen atoms in total. The fourth-order valence-corrected chi connectivity index (χ4v) is 3.39. The number of aliphatic imine (C=N–C) groups is 1. The Morgan fingerprint density at radius 1 is 1.08 bits per heavy atom. The lowest BCUT2D eigenvalue weighted by atomic mass is 10.00. The Balaban J connectivity index is 1.80. The molecule has 3 aromatic rings. The number of benzene rings is 2. The van der Waals surface area contributed by atoms with Gasteiger partial charge in [-0.05, 0) is 35.9 Å². The molecule has 1 atom stereocenters. The summed E-state index contributed by atoms with van der Waals surface area (Å²) in [5.74, 6) is 0.0207. The highest BCUT2D eigenvalue weighted by atomic mass is 16.2. The Hall–Kier alpha value is -4.90. The first kappa shape index (κ1) is 26.7. The van der Waals surface area contributed by atoms with Crippen LogP contribution in [0.3, 0.4) is 0 Å². The van der Waals surface area contributed by atoms with Gasteiger partial charge >= 0.3 is 0 Å². The minimum Gasteiger partial charge on any atom is -0.305 e. The zero-order valence-corrected chi connectivity index (χ0v) is 21.0. The predicted molar refractivity (Wildman–Crippen MR) is 147 cm³/mol. The van der Waals surface area contributed by atoms with E-state index in [2.05, 4.69) is 26.5 Å². The van der Waals surface area contributed by atoms with Crippen molar-refractivity contribution in [2.24, 2.45) is 10.1 Å². The molecule has 0 aliphatic heterocycles. The smallest absolute Gasteiger partial charge is 0.275 e. The molecule has 1 unspecified atom stereocenters. The Labute approximate surface area is 216 Å². The molecule has 37 heavy (non-hydrogen) atoms. The second kappa shape index (κ2) is 13.3. The Kier molecular flexibility index (Phi) is 9.57. The fourth-order valence-electron chi connectivity index (χ4n) is 3.39. The minimum absolute atomic E-state index is 0.0449. The maximum absolute atomic E-state index is 13.2. The first-order chi connectivity index (χ1) is 17.9. The second-order valence-corrected chi connectivity index (χ2v) is 8.43. The molecule has 2 aromatic carbocycles. The number of aromatic nitrogens is 1. The zero-order chi connectivity index (χ0) is 26.6. The summed E-state index contributed by atoms with van der Waals surface area (Å²) in [6, 6.07) is 22.2. The standard InChI is InChI=1S/C29H28N6O2/c1-21(23-11-9-22(17-30)10-12-23)18-32-28(24-7-5-4-6-8-24)29(37)34-27-14-13-25(19-31-27)26(15-16-36)20-33-35(2)3/h4-16,19-21H,18H2,1-3H3,(H,31,34,37)/b26-15+,32-28?,33-20-. The van der Waals surface area contributed by atoms with Crippen molar-refractivity contribution >= 4 is 35.5 Å². The van der Waals surface area contributed by atoms with E-state index < -0.39 is 0 Å². The Morgan fingerprint density at radius 3 is 2.41 bits per heavy atom. The molecule has 0 aliphatic carbocycles. The lowest BCUT2D eigenvalue weighted by Crippen LogP contribution is -2.25. The van der Waals surface area contributed by atoms with Gasteiger partial charge in [0.2, 0.25) is 0 Å². The normalized spacial score (nSPS) is 12.6. The van der Waals surface area contributed by atoms with E-state index in [9.17, 15) is 9.59 Å². The lowest BCUT2D eigenvalue weighted by molar-refractivity contribution is -0.110. The summed E-state index contributed by atoms with van der Waals surface area (Å²) in [6.45, 7) is 2.41. The third kappa shape index (κ3) is 7.80. The number of pyridine rings is 1. The molecule has 1 aromatic heterocycles. The Morgan fingerprint density at radius 2 is 1.81 bits per heavy atom. The van der Waals surface area contributed by atoms with Crippen molar-refractivity contribution in [3.05, 3.63) is 101 Å². The molecule has 0 saturated heterocycles. The number of nitrogens with one attached hydrogen (secondary N) is 1. The predicted octanol–water partition coefficient (Wildman–Crippen LogP) is 4.31. The first-order valence-electron chi connectivity index (χ1n) is 11.7. The number of amides is 1. The van der Waals surface area contributed by atoms with Gasteiger partial charge in [-0.1, -0.05) is 49.4 Å². The summed E-state index contributed by atoms with van der Waals surface area (Å²) < 4.78 is 0. The van der Waals surface area contributed by atoms with Crippen molar-refractivity contribution in [3.8, 4) is 6.07 Å². The van der Waals surface area contributed by atoms with Crippen LogP contribution in [0.1, 0.15) is 35.1 Å². The van der Waals surface area contributed by atoms with Gasteiger partial charge in [-0.15, -0.1) is 0 Å². The number of carbonyl (C=O) groups is 2. The molecule has 8 heteroatoms. The summed E-state index contributed by atoms with van der Waals surface area (Å²) in [5, 5.41) is 17.6. The number of allylic oxidation sites excluding steroid dienone is 2. The van der Waals surface area contributed by atoms with Crippen LogP contribution in [0.4, 0.5) is 5.82 Å². The van der Waals surface area contributed by atoms with Gasteiger partial charge in [0.05, 0.1) is 17.8 Å².